The molecule has 1 saturated carbocycles. The molecule has 2 aromatic carbocycles. The maximum atomic E-state index is 14.2. The highest BCUT2D eigenvalue weighted by Crippen LogP contribution is 2.39. The number of amides is 1. The van der Waals surface area contributed by atoms with Crippen molar-refractivity contribution in [2.24, 2.45) is 5.92 Å². The van der Waals surface area contributed by atoms with Gasteiger partial charge in [-0.3, -0.25) is 14.4 Å². The zero-order valence-electron chi connectivity index (χ0n) is 21.9. The van der Waals surface area contributed by atoms with Crippen molar-refractivity contribution < 1.29 is 14.0 Å². The Morgan fingerprint density at radius 1 is 0.950 bits per heavy atom. The minimum Gasteiger partial charge on any atom is -0.368 e. The van der Waals surface area contributed by atoms with Gasteiger partial charge < -0.3 is 15.1 Å². The fourth-order valence-corrected chi connectivity index (χ4v) is 6.00. The van der Waals surface area contributed by atoms with Crippen LogP contribution in [0.5, 0.6) is 0 Å². The number of hydrogen-bond donors (Lipinski definition) is 1. The van der Waals surface area contributed by atoms with Gasteiger partial charge in [-0.2, -0.15) is 4.68 Å². The first-order valence-corrected chi connectivity index (χ1v) is 14.1. The Morgan fingerprint density at radius 2 is 1.65 bits per heavy atom. The molecule has 2 fully saturated rings. The third kappa shape index (κ3) is 4.61. The number of fused-ring (bicyclic) bond motifs is 1. The summed E-state index contributed by atoms with van der Waals surface area (Å²) in [6, 6.07) is 12.0. The Morgan fingerprint density at radius 3 is 2.27 bits per heavy atom. The standard InChI is InChI=1S/C29H28Cl2FN5O3/c1-17-26(29(40)35-13-11-34(12-14-35)21-8-6-20(32)7-9-21)27(19-5-10-22(30)23(31)15-19)36-24(33-17)16-25(38)37(36)28(39)18-3-2-4-18/h5-10,15-16,18,27,33H,2-4,11-14H2,1H3. The van der Waals surface area contributed by atoms with E-state index in [0.29, 0.717) is 58.9 Å². The van der Waals surface area contributed by atoms with Gasteiger partial charge in [-0.25, -0.2) is 9.07 Å². The van der Waals surface area contributed by atoms with Gasteiger partial charge in [0.15, 0.2) is 0 Å². The lowest BCUT2D eigenvalue weighted by atomic mass is 9.85. The molecule has 8 nitrogen and oxygen atoms in total. The van der Waals surface area contributed by atoms with Crippen LogP contribution in [0.15, 0.2) is 64.6 Å². The molecule has 1 saturated heterocycles. The molecule has 0 spiro atoms. The summed E-state index contributed by atoms with van der Waals surface area (Å²) in [5, 5.41) is 3.87. The number of aromatic nitrogens is 2. The zero-order valence-corrected chi connectivity index (χ0v) is 23.4. The molecule has 1 atom stereocenters. The lowest BCUT2D eigenvalue weighted by Crippen LogP contribution is -2.50. The SMILES string of the molecule is CC1=C(C(=O)N2CCN(c3ccc(F)cc3)CC2)C(c2ccc(Cl)c(Cl)c2)n2c(cc(=O)n2C(=O)C2CCC2)N1. The van der Waals surface area contributed by atoms with Crippen molar-refractivity contribution >= 4 is 46.5 Å². The topological polar surface area (TPSA) is 79.6 Å². The van der Waals surface area contributed by atoms with Gasteiger partial charge in [0.1, 0.15) is 17.7 Å². The largest absolute Gasteiger partial charge is 0.368 e. The van der Waals surface area contributed by atoms with E-state index < -0.39 is 11.6 Å². The van der Waals surface area contributed by atoms with Crippen LogP contribution in [-0.2, 0) is 4.79 Å². The van der Waals surface area contributed by atoms with E-state index in [9.17, 15) is 18.8 Å². The van der Waals surface area contributed by atoms with Crippen LogP contribution in [-0.4, -0.2) is 52.3 Å². The van der Waals surface area contributed by atoms with E-state index in [1.807, 2.05) is 0 Å². The predicted octanol–water partition coefficient (Wildman–Crippen LogP) is 5.17. The zero-order chi connectivity index (χ0) is 28.1. The Bertz CT molecular complexity index is 1580. The van der Waals surface area contributed by atoms with Crippen LogP contribution in [0.2, 0.25) is 10.0 Å². The first-order chi connectivity index (χ1) is 19.2. The van der Waals surface area contributed by atoms with Gasteiger partial charge in [-0.1, -0.05) is 35.7 Å². The Balaban J connectivity index is 1.37. The molecule has 0 bridgehead atoms. The second-order valence-electron chi connectivity index (χ2n) is 10.5. The molecule has 1 amide bonds. The number of halogens is 3. The van der Waals surface area contributed by atoms with Crippen LogP contribution in [0, 0.1) is 11.7 Å². The summed E-state index contributed by atoms with van der Waals surface area (Å²) in [4.78, 5) is 44.7. The number of carbonyl (C=O) groups is 2. The van der Waals surface area contributed by atoms with E-state index in [4.69, 9.17) is 23.2 Å². The number of nitrogens with one attached hydrogen (secondary N) is 1. The lowest BCUT2D eigenvalue weighted by Gasteiger charge is -2.39. The maximum absolute atomic E-state index is 14.2. The number of carbonyl (C=O) groups excluding carboxylic acids is 2. The van der Waals surface area contributed by atoms with Gasteiger partial charge in [0.25, 0.3) is 17.4 Å². The molecule has 6 rings (SSSR count). The molecular formula is C29H28Cl2FN5O3. The predicted molar refractivity (Wildman–Crippen MR) is 153 cm³/mol. The fraction of sp³-hybridized carbons (Fsp3) is 0.345. The molecule has 3 heterocycles. The fourth-order valence-electron chi connectivity index (χ4n) is 5.69. The molecule has 3 aromatic rings. The molecule has 208 valence electrons. The molecule has 3 aliphatic rings. The molecule has 0 radical (unpaired) electrons. The van der Waals surface area contributed by atoms with Gasteiger partial charge >= 0.3 is 0 Å². The molecule has 1 aromatic heterocycles. The van der Waals surface area contributed by atoms with Crippen molar-refractivity contribution in [2.45, 2.75) is 32.2 Å². The third-order valence-corrected chi connectivity index (χ3v) is 8.82. The van der Waals surface area contributed by atoms with Crippen LogP contribution in [0.4, 0.5) is 15.9 Å². The van der Waals surface area contributed by atoms with Gasteiger partial charge in [0, 0.05) is 49.5 Å². The molecule has 2 aliphatic heterocycles. The van der Waals surface area contributed by atoms with Crippen LogP contribution in [0.3, 0.4) is 0 Å². The number of anilines is 2. The summed E-state index contributed by atoms with van der Waals surface area (Å²) in [7, 11) is 0. The van der Waals surface area contributed by atoms with Crippen molar-refractivity contribution in [3.05, 3.63) is 91.6 Å². The molecule has 40 heavy (non-hydrogen) atoms. The quantitative estimate of drug-likeness (QED) is 0.458. The van der Waals surface area contributed by atoms with E-state index in [1.165, 1.54) is 22.9 Å². The highest BCUT2D eigenvalue weighted by molar-refractivity contribution is 6.42. The van der Waals surface area contributed by atoms with Crippen LogP contribution in [0.25, 0.3) is 0 Å². The summed E-state index contributed by atoms with van der Waals surface area (Å²) in [6.07, 6.45) is 2.41. The van der Waals surface area contributed by atoms with E-state index in [1.54, 1.807) is 46.8 Å². The van der Waals surface area contributed by atoms with E-state index in [2.05, 4.69) is 10.2 Å². The summed E-state index contributed by atoms with van der Waals surface area (Å²) < 4.78 is 16.2. The molecule has 1 aliphatic carbocycles. The van der Waals surface area contributed by atoms with Crippen molar-refractivity contribution in [3.63, 3.8) is 0 Å². The maximum Gasteiger partial charge on any atom is 0.276 e. The van der Waals surface area contributed by atoms with E-state index >= 15 is 0 Å². The second kappa shape index (κ2) is 10.4. The molecular weight excluding hydrogens is 556 g/mol. The molecule has 1 N–H and O–H groups in total. The first kappa shape index (κ1) is 26.7. The van der Waals surface area contributed by atoms with Gasteiger partial charge in [-0.15, -0.1) is 0 Å². The third-order valence-electron chi connectivity index (χ3n) is 8.08. The monoisotopic (exact) mass is 583 g/mol. The number of allylic oxidation sites excluding steroid dienone is 1. The number of benzene rings is 2. The Hall–Kier alpha value is -3.56. The van der Waals surface area contributed by atoms with Gasteiger partial charge in [0.05, 0.1) is 15.6 Å². The minimum atomic E-state index is -0.777. The Labute approximate surface area is 240 Å². The van der Waals surface area contributed by atoms with Gasteiger partial charge in [0.2, 0.25) is 0 Å². The lowest BCUT2D eigenvalue weighted by molar-refractivity contribution is -0.128. The van der Waals surface area contributed by atoms with Crippen LogP contribution >= 0.6 is 23.2 Å². The van der Waals surface area contributed by atoms with Crippen LogP contribution < -0.4 is 15.8 Å². The second-order valence-corrected chi connectivity index (χ2v) is 11.3. The highest BCUT2D eigenvalue weighted by atomic mass is 35.5. The number of hydrogen-bond acceptors (Lipinski definition) is 5. The number of rotatable bonds is 4. The van der Waals surface area contributed by atoms with E-state index in [0.717, 1.165) is 24.9 Å². The highest BCUT2D eigenvalue weighted by Gasteiger charge is 2.40. The summed E-state index contributed by atoms with van der Waals surface area (Å²) in [5.74, 6) is -0.555. The van der Waals surface area contributed by atoms with Crippen molar-refractivity contribution in [1.29, 1.82) is 0 Å². The average Bonchev–Trinajstić information content (AvgIpc) is 3.23. The number of nitrogens with zero attached hydrogens (tertiary/aromatic N) is 4. The molecule has 1 unspecified atom stereocenters. The van der Waals surface area contributed by atoms with Crippen molar-refractivity contribution in [1.82, 2.24) is 14.3 Å². The summed E-state index contributed by atoms with van der Waals surface area (Å²) in [5.41, 5.74) is 2.10. The number of piperazine rings is 1. The summed E-state index contributed by atoms with van der Waals surface area (Å²) in [6.45, 7) is 3.86. The average molecular weight is 584 g/mol. The normalized spacial score (nSPS) is 19.2. The smallest absolute Gasteiger partial charge is 0.276 e. The van der Waals surface area contributed by atoms with Gasteiger partial charge in [-0.05, 0) is 61.7 Å². The van der Waals surface area contributed by atoms with Crippen LogP contribution in [0.1, 0.15) is 42.6 Å². The minimum absolute atomic E-state index is 0.200. The molecule has 11 heteroatoms. The Kier molecular flexibility index (Phi) is 6.96. The van der Waals surface area contributed by atoms with Crippen molar-refractivity contribution in [3.8, 4) is 0 Å². The van der Waals surface area contributed by atoms with E-state index in [-0.39, 0.29) is 23.5 Å². The first-order valence-electron chi connectivity index (χ1n) is 13.3. The summed E-state index contributed by atoms with van der Waals surface area (Å²) >= 11 is 12.6. The van der Waals surface area contributed by atoms with Crippen molar-refractivity contribution in [2.75, 3.05) is 36.4 Å².